The van der Waals surface area contributed by atoms with E-state index in [2.05, 4.69) is 48.1 Å². The van der Waals surface area contributed by atoms with Gasteiger partial charge in [0.05, 0.1) is 27.5 Å². The molecular weight excluding hydrogens is 308 g/mol. The fourth-order valence-corrected chi connectivity index (χ4v) is 3.92. The van der Waals surface area contributed by atoms with E-state index in [4.69, 9.17) is 9.97 Å². The number of imidazole rings is 2. The van der Waals surface area contributed by atoms with E-state index < -0.39 is 0 Å². The van der Waals surface area contributed by atoms with E-state index in [9.17, 15) is 0 Å². The predicted octanol–water partition coefficient (Wildman–Crippen LogP) is 5.33. The van der Waals surface area contributed by atoms with Crippen LogP contribution in [-0.4, -0.2) is 19.9 Å². The largest absolute Gasteiger partial charge is 0.341 e. The lowest BCUT2D eigenvalue weighted by molar-refractivity contribution is 0.389. The Hall–Kier alpha value is -2.62. The van der Waals surface area contributed by atoms with Gasteiger partial charge in [-0.2, -0.15) is 0 Å². The lowest BCUT2D eigenvalue weighted by atomic mass is 9.77. The molecule has 4 rings (SSSR count). The van der Waals surface area contributed by atoms with Crippen molar-refractivity contribution in [1.29, 1.82) is 0 Å². The van der Waals surface area contributed by atoms with E-state index in [-0.39, 0.29) is 5.41 Å². The summed E-state index contributed by atoms with van der Waals surface area (Å²) in [4.78, 5) is 17.1. The normalized spacial score (nSPS) is 12.2. The molecule has 0 fully saturated rings. The van der Waals surface area contributed by atoms with Crippen LogP contribution in [-0.2, 0) is 5.41 Å². The Morgan fingerprint density at radius 1 is 0.720 bits per heavy atom. The molecular formula is C21H24N4. The lowest BCUT2D eigenvalue weighted by Crippen LogP contribution is -2.30. The molecule has 0 aliphatic rings. The van der Waals surface area contributed by atoms with Gasteiger partial charge in [0.2, 0.25) is 0 Å². The molecule has 0 bridgehead atoms. The van der Waals surface area contributed by atoms with E-state index >= 15 is 0 Å². The third-order valence-corrected chi connectivity index (χ3v) is 5.04. The van der Waals surface area contributed by atoms with Gasteiger partial charge in [-0.05, 0) is 37.1 Å². The number of rotatable bonds is 6. The zero-order valence-corrected chi connectivity index (χ0v) is 14.8. The molecule has 4 heteroatoms. The summed E-state index contributed by atoms with van der Waals surface area (Å²) in [6.07, 6.45) is 4.18. The topological polar surface area (TPSA) is 57.4 Å². The number of hydrogen-bond acceptors (Lipinski definition) is 2. The van der Waals surface area contributed by atoms with Crippen LogP contribution in [0, 0.1) is 0 Å². The number of H-pyrrole nitrogens is 2. The van der Waals surface area contributed by atoms with Crippen molar-refractivity contribution in [3.8, 4) is 0 Å². The second-order valence-electron chi connectivity index (χ2n) is 6.79. The summed E-state index contributed by atoms with van der Waals surface area (Å²) in [7, 11) is 0. The fourth-order valence-electron chi connectivity index (χ4n) is 3.92. The first kappa shape index (κ1) is 15.9. The monoisotopic (exact) mass is 332 g/mol. The number of fused-ring (bicyclic) bond motifs is 2. The molecule has 0 unspecified atom stereocenters. The lowest BCUT2D eigenvalue weighted by Gasteiger charge is -2.29. The molecule has 0 radical (unpaired) electrons. The van der Waals surface area contributed by atoms with Gasteiger partial charge >= 0.3 is 0 Å². The van der Waals surface area contributed by atoms with E-state index in [1.807, 2.05) is 24.3 Å². The van der Waals surface area contributed by atoms with Gasteiger partial charge in [-0.25, -0.2) is 9.97 Å². The number of aromatic amines is 2. The van der Waals surface area contributed by atoms with Gasteiger partial charge in [0.25, 0.3) is 0 Å². The third-order valence-electron chi connectivity index (χ3n) is 5.04. The highest BCUT2D eigenvalue weighted by Crippen LogP contribution is 2.39. The molecule has 0 spiro atoms. The van der Waals surface area contributed by atoms with Crippen LogP contribution in [0.1, 0.15) is 51.2 Å². The minimum atomic E-state index is -0.207. The van der Waals surface area contributed by atoms with Crippen LogP contribution in [0.25, 0.3) is 22.1 Å². The summed E-state index contributed by atoms with van der Waals surface area (Å²) in [5.74, 6) is 2.05. The average molecular weight is 332 g/mol. The Labute approximate surface area is 147 Å². The highest BCUT2D eigenvalue weighted by atomic mass is 15.0. The first-order valence-corrected chi connectivity index (χ1v) is 9.17. The second kappa shape index (κ2) is 6.36. The SMILES string of the molecule is CCCC(CCC)(c1nc2ccccc2[nH]1)c1nc2ccccc2[nH]1. The maximum absolute atomic E-state index is 4.95. The van der Waals surface area contributed by atoms with Gasteiger partial charge in [-0.1, -0.05) is 51.0 Å². The molecule has 0 amide bonds. The molecule has 0 aliphatic carbocycles. The quantitative estimate of drug-likeness (QED) is 0.501. The molecule has 2 heterocycles. The second-order valence-corrected chi connectivity index (χ2v) is 6.79. The van der Waals surface area contributed by atoms with Crippen molar-refractivity contribution in [1.82, 2.24) is 19.9 Å². The van der Waals surface area contributed by atoms with Crippen LogP contribution in [0.3, 0.4) is 0 Å². The number of para-hydroxylation sites is 4. The molecule has 4 aromatic rings. The molecule has 2 aromatic carbocycles. The Morgan fingerprint density at radius 2 is 1.16 bits per heavy atom. The molecule has 2 aromatic heterocycles. The van der Waals surface area contributed by atoms with Crippen molar-refractivity contribution in [2.24, 2.45) is 0 Å². The minimum absolute atomic E-state index is 0.207. The Bertz CT molecular complexity index is 847. The van der Waals surface area contributed by atoms with Crippen molar-refractivity contribution >= 4 is 22.1 Å². The van der Waals surface area contributed by atoms with Gasteiger partial charge < -0.3 is 9.97 Å². The summed E-state index contributed by atoms with van der Waals surface area (Å²) in [5, 5.41) is 0. The van der Waals surface area contributed by atoms with Crippen LogP contribution in [0.5, 0.6) is 0 Å². The van der Waals surface area contributed by atoms with Gasteiger partial charge in [0.1, 0.15) is 11.6 Å². The fraction of sp³-hybridized carbons (Fsp3) is 0.333. The van der Waals surface area contributed by atoms with Crippen LogP contribution in [0.2, 0.25) is 0 Å². The van der Waals surface area contributed by atoms with E-state index in [0.29, 0.717) is 0 Å². The van der Waals surface area contributed by atoms with Crippen LogP contribution >= 0.6 is 0 Å². The first-order chi connectivity index (χ1) is 12.3. The average Bonchev–Trinajstić information content (AvgIpc) is 3.25. The Balaban J connectivity index is 1.94. The number of benzene rings is 2. The number of nitrogens with zero attached hydrogens (tertiary/aromatic N) is 2. The predicted molar refractivity (Wildman–Crippen MR) is 103 cm³/mol. The number of aromatic nitrogens is 4. The number of nitrogens with one attached hydrogen (secondary N) is 2. The highest BCUT2D eigenvalue weighted by Gasteiger charge is 2.38. The molecule has 0 saturated heterocycles. The number of hydrogen-bond donors (Lipinski definition) is 2. The van der Waals surface area contributed by atoms with Crippen LogP contribution in [0.15, 0.2) is 48.5 Å². The van der Waals surface area contributed by atoms with Crippen LogP contribution in [0.4, 0.5) is 0 Å². The van der Waals surface area contributed by atoms with Crippen molar-refractivity contribution in [3.63, 3.8) is 0 Å². The zero-order valence-electron chi connectivity index (χ0n) is 14.8. The smallest absolute Gasteiger partial charge is 0.121 e. The van der Waals surface area contributed by atoms with E-state index in [0.717, 1.165) is 59.4 Å². The Morgan fingerprint density at radius 3 is 1.56 bits per heavy atom. The summed E-state index contributed by atoms with van der Waals surface area (Å²) >= 11 is 0. The van der Waals surface area contributed by atoms with Crippen LogP contribution < -0.4 is 0 Å². The molecule has 0 atom stereocenters. The highest BCUT2D eigenvalue weighted by molar-refractivity contribution is 5.76. The maximum Gasteiger partial charge on any atom is 0.121 e. The Kier molecular flexibility index (Phi) is 4.04. The van der Waals surface area contributed by atoms with Crippen molar-refractivity contribution in [2.45, 2.75) is 44.9 Å². The zero-order chi connectivity index (χ0) is 17.3. The summed E-state index contributed by atoms with van der Waals surface area (Å²) < 4.78 is 0. The van der Waals surface area contributed by atoms with Gasteiger partial charge in [-0.3, -0.25) is 0 Å². The van der Waals surface area contributed by atoms with E-state index in [1.165, 1.54) is 0 Å². The molecule has 4 nitrogen and oxygen atoms in total. The summed E-state index contributed by atoms with van der Waals surface area (Å²) in [5.41, 5.74) is 4.01. The van der Waals surface area contributed by atoms with Crippen molar-refractivity contribution in [3.05, 3.63) is 60.2 Å². The van der Waals surface area contributed by atoms with Crippen molar-refractivity contribution in [2.75, 3.05) is 0 Å². The maximum atomic E-state index is 4.95. The summed E-state index contributed by atoms with van der Waals surface area (Å²) in [6, 6.07) is 16.5. The van der Waals surface area contributed by atoms with E-state index in [1.54, 1.807) is 0 Å². The minimum Gasteiger partial charge on any atom is -0.341 e. The summed E-state index contributed by atoms with van der Waals surface area (Å²) in [6.45, 7) is 4.46. The molecule has 0 saturated carbocycles. The molecule has 128 valence electrons. The van der Waals surface area contributed by atoms with Crippen molar-refractivity contribution < 1.29 is 0 Å². The first-order valence-electron chi connectivity index (χ1n) is 9.17. The molecule has 0 aliphatic heterocycles. The van der Waals surface area contributed by atoms with Gasteiger partial charge in [-0.15, -0.1) is 0 Å². The van der Waals surface area contributed by atoms with Gasteiger partial charge in [0.15, 0.2) is 0 Å². The molecule has 25 heavy (non-hydrogen) atoms. The third kappa shape index (κ3) is 2.62. The standard InChI is InChI=1S/C21H24N4/c1-3-13-21(14-4-2,19-22-15-9-5-6-10-16(15)23-19)20-24-17-11-7-8-12-18(17)25-20/h5-12H,3-4,13-14H2,1-2H3,(H,22,23)(H,24,25). The molecule has 2 N–H and O–H groups in total. The van der Waals surface area contributed by atoms with Gasteiger partial charge in [0, 0.05) is 0 Å².